The molecule has 4 amide bonds. The van der Waals surface area contributed by atoms with Crippen molar-refractivity contribution < 1.29 is 24.3 Å². The van der Waals surface area contributed by atoms with Gasteiger partial charge in [-0.3, -0.25) is 34.3 Å². The van der Waals surface area contributed by atoms with Crippen LogP contribution in [0.1, 0.15) is 39.1 Å². The van der Waals surface area contributed by atoms with E-state index in [0.29, 0.717) is 30.8 Å². The predicted molar refractivity (Wildman–Crippen MR) is 97.3 cm³/mol. The minimum absolute atomic E-state index is 0.0131. The van der Waals surface area contributed by atoms with Crippen molar-refractivity contribution in [3.8, 4) is 0 Å². The molecule has 1 atom stereocenters. The van der Waals surface area contributed by atoms with Gasteiger partial charge < -0.3 is 10.4 Å². The summed E-state index contributed by atoms with van der Waals surface area (Å²) in [7, 11) is 1.87. The molecule has 9 heteroatoms. The normalized spacial score (nSPS) is 23.7. The number of amides is 4. The highest BCUT2D eigenvalue weighted by Crippen LogP contribution is 2.31. The molecule has 3 heterocycles. The van der Waals surface area contributed by atoms with E-state index in [9.17, 15) is 24.3 Å². The third-order valence-corrected chi connectivity index (χ3v) is 5.97. The highest BCUT2D eigenvalue weighted by Gasteiger charge is 2.46. The fourth-order valence-corrected chi connectivity index (χ4v) is 4.06. The first-order chi connectivity index (χ1) is 13.4. The first-order valence-electron chi connectivity index (χ1n) is 9.24. The summed E-state index contributed by atoms with van der Waals surface area (Å²) in [5, 5.41) is 15.1. The van der Waals surface area contributed by atoms with Gasteiger partial charge in [0.25, 0.3) is 11.8 Å². The maximum atomic E-state index is 13.1. The molecule has 3 aliphatic rings. The van der Waals surface area contributed by atoms with Gasteiger partial charge in [0.2, 0.25) is 11.8 Å². The number of fused-ring (bicyclic) bond motifs is 1. The molecule has 9 nitrogen and oxygen atoms in total. The van der Waals surface area contributed by atoms with Crippen LogP contribution in [0.2, 0.25) is 0 Å². The van der Waals surface area contributed by atoms with Crippen molar-refractivity contribution in [1.82, 2.24) is 20.4 Å². The Kier molecular flexibility index (Phi) is 4.53. The first-order valence-corrected chi connectivity index (χ1v) is 9.24. The molecule has 0 bridgehead atoms. The lowest BCUT2D eigenvalue weighted by Gasteiger charge is -2.48. The van der Waals surface area contributed by atoms with Crippen molar-refractivity contribution in [2.45, 2.75) is 31.0 Å². The van der Waals surface area contributed by atoms with E-state index in [1.165, 1.54) is 0 Å². The number of hydrogen-bond acceptors (Lipinski definition) is 7. The third-order valence-electron chi connectivity index (χ3n) is 5.97. The SMILES string of the molecule is CN(Cc1cccc2c1C(=O)N(C1CCC(=O)NC1=O)C2=O)C1(CO)CNC1. The second kappa shape index (κ2) is 6.77. The molecule has 0 aromatic heterocycles. The lowest BCUT2D eigenvalue weighted by Crippen LogP contribution is -2.69. The first kappa shape index (κ1) is 18.7. The predicted octanol–water partition coefficient (Wildman–Crippen LogP) is -1.15. The molecule has 148 valence electrons. The number of aliphatic hydroxyl groups excluding tert-OH is 1. The molecular formula is C19H22N4O5. The monoisotopic (exact) mass is 386 g/mol. The van der Waals surface area contributed by atoms with Crippen LogP contribution in [-0.2, 0) is 16.1 Å². The van der Waals surface area contributed by atoms with Crippen molar-refractivity contribution in [3.05, 3.63) is 34.9 Å². The number of hydrogen-bond donors (Lipinski definition) is 3. The zero-order chi connectivity index (χ0) is 20.1. The van der Waals surface area contributed by atoms with Gasteiger partial charge in [0.1, 0.15) is 6.04 Å². The standard InChI is InChI=1S/C19H22N4O5/c1-22(19(10-24)8-20-9-19)7-11-3-2-4-12-15(11)18(28)23(17(12)27)13-5-6-14(25)21-16(13)26/h2-4,13,20,24H,5-10H2,1H3,(H,21,25,26). The van der Waals surface area contributed by atoms with Gasteiger partial charge in [0, 0.05) is 26.1 Å². The molecule has 0 spiro atoms. The molecule has 0 saturated carbocycles. The number of aliphatic hydroxyl groups is 1. The second-order valence-corrected chi connectivity index (χ2v) is 7.63. The maximum absolute atomic E-state index is 13.1. The maximum Gasteiger partial charge on any atom is 0.262 e. The summed E-state index contributed by atoms with van der Waals surface area (Å²) < 4.78 is 0. The zero-order valence-corrected chi connectivity index (χ0v) is 15.5. The van der Waals surface area contributed by atoms with Crippen molar-refractivity contribution in [3.63, 3.8) is 0 Å². The van der Waals surface area contributed by atoms with E-state index in [2.05, 4.69) is 10.6 Å². The number of carbonyl (C=O) groups excluding carboxylic acids is 4. The molecule has 1 aromatic carbocycles. The van der Waals surface area contributed by atoms with Gasteiger partial charge in [-0.1, -0.05) is 12.1 Å². The van der Waals surface area contributed by atoms with Crippen molar-refractivity contribution in [2.24, 2.45) is 0 Å². The Morgan fingerprint density at radius 1 is 1.21 bits per heavy atom. The van der Waals surface area contributed by atoms with E-state index >= 15 is 0 Å². The Balaban J connectivity index is 1.63. The fourth-order valence-electron chi connectivity index (χ4n) is 4.06. The fraction of sp³-hybridized carbons (Fsp3) is 0.474. The average molecular weight is 386 g/mol. The summed E-state index contributed by atoms with van der Waals surface area (Å²) in [5.41, 5.74) is 0.847. The average Bonchev–Trinajstić information content (AvgIpc) is 2.87. The molecule has 3 N–H and O–H groups in total. The van der Waals surface area contributed by atoms with E-state index in [4.69, 9.17) is 0 Å². The summed E-state index contributed by atoms with van der Waals surface area (Å²) in [5.74, 6) is -2.04. The summed E-state index contributed by atoms with van der Waals surface area (Å²) in [4.78, 5) is 52.5. The van der Waals surface area contributed by atoms with Crippen LogP contribution in [-0.4, -0.2) is 76.9 Å². The number of carbonyl (C=O) groups is 4. The molecule has 3 aliphatic heterocycles. The van der Waals surface area contributed by atoms with Crippen LogP contribution in [0.4, 0.5) is 0 Å². The number of nitrogens with zero attached hydrogens (tertiary/aromatic N) is 2. The minimum atomic E-state index is -0.977. The molecule has 2 saturated heterocycles. The Hall–Kier alpha value is -2.62. The quantitative estimate of drug-likeness (QED) is 0.547. The van der Waals surface area contributed by atoms with E-state index in [1.54, 1.807) is 18.2 Å². The summed E-state index contributed by atoms with van der Waals surface area (Å²) in [6.45, 7) is 1.66. The Labute approximate surface area is 161 Å². The van der Waals surface area contributed by atoms with Crippen LogP contribution in [0.15, 0.2) is 18.2 Å². The van der Waals surface area contributed by atoms with Gasteiger partial charge in [-0.15, -0.1) is 0 Å². The Bertz CT molecular complexity index is 874. The van der Waals surface area contributed by atoms with Gasteiger partial charge >= 0.3 is 0 Å². The summed E-state index contributed by atoms with van der Waals surface area (Å²) in [6, 6.07) is 4.10. The highest BCUT2D eigenvalue weighted by molar-refractivity contribution is 6.24. The van der Waals surface area contributed by atoms with Crippen LogP contribution >= 0.6 is 0 Å². The lowest BCUT2D eigenvalue weighted by atomic mass is 9.90. The van der Waals surface area contributed by atoms with Crippen LogP contribution in [0.25, 0.3) is 0 Å². The van der Waals surface area contributed by atoms with E-state index < -0.39 is 35.2 Å². The van der Waals surface area contributed by atoms with Gasteiger partial charge in [-0.05, 0) is 25.1 Å². The minimum Gasteiger partial charge on any atom is -0.394 e. The smallest absolute Gasteiger partial charge is 0.262 e. The largest absolute Gasteiger partial charge is 0.394 e. The highest BCUT2D eigenvalue weighted by atomic mass is 16.3. The van der Waals surface area contributed by atoms with E-state index in [1.807, 2.05) is 11.9 Å². The van der Waals surface area contributed by atoms with E-state index in [0.717, 1.165) is 4.90 Å². The number of piperidine rings is 1. The zero-order valence-electron chi connectivity index (χ0n) is 15.5. The van der Waals surface area contributed by atoms with Crippen molar-refractivity contribution in [2.75, 3.05) is 26.7 Å². The van der Waals surface area contributed by atoms with Crippen molar-refractivity contribution in [1.29, 1.82) is 0 Å². The Morgan fingerprint density at radius 2 is 1.96 bits per heavy atom. The third kappa shape index (κ3) is 2.74. The topological polar surface area (TPSA) is 119 Å². The van der Waals surface area contributed by atoms with Crippen LogP contribution < -0.4 is 10.6 Å². The number of rotatable bonds is 5. The van der Waals surface area contributed by atoms with Gasteiger partial charge in [-0.25, -0.2) is 0 Å². The molecule has 2 fully saturated rings. The second-order valence-electron chi connectivity index (χ2n) is 7.63. The van der Waals surface area contributed by atoms with Crippen LogP contribution in [0.5, 0.6) is 0 Å². The summed E-state index contributed by atoms with van der Waals surface area (Å²) >= 11 is 0. The molecule has 4 rings (SSSR count). The molecule has 1 unspecified atom stereocenters. The molecule has 28 heavy (non-hydrogen) atoms. The number of likely N-dealkylation sites (N-methyl/N-ethyl adjacent to an activating group) is 1. The summed E-state index contributed by atoms with van der Waals surface area (Å²) in [6.07, 6.45) is 0.218. The number of benzene rings is 1. The van der Waals surface area contributed by atoms with Crippen LogP contribution in [0, 0.1) is 0 Å². The molecule has 1 aromatic rings. The van der Waals surface area contributed by atoms with Gasteiger partial charge in [0.05, 0.1) is 23.3 Å². The molecule has 0 radical (unpaired) electrons. The molecular weight excluding hydrogens is 364 g/mol. The van der Waals surface area contributed by atoms with Crippen molar-refractivity contribution >= 4 is 23.6 Å². The van der Waals surface area contributed by atoms with E-state index in [-0.39, 0.29) is 25.0 Å². The van der Waals surface area contributed by atoms with Gasteiger partial charge in [-0.2, -0.15) is 0 Å². The Morgan fingerprint density at radius 3 is 2.57 bits per heavy atom. The lowest BCUT2D eigenvalue weighted by molar-refractivity contribution is -0.136. The van der Waals surface area contributed by atoms with Crippen LogP contribution in [0.3, 0.4) is 0 Å². The number of imide groups is 2. The van der Waals surface area contributed by atoms with Gasteiger partial charge in [0.15, 0.2) is 0 Å². The number of nitrogens with one attached hydrogen (secondary N) is 2. The molecule has 0 aliphatic carbocycles.